The van der Waals surface area contributed by atoms with Gasteiger partial charge in [-0.2, -0.15) is 0 Å². The van der Waals surface area contributed by atoms with Crippen LogP contribution >= 0.6 is 0 Å². The van der Waals surface area contributed by atoms with Crippen LogP contribution in [0.2, 0.25) is 0 Å². The van der Waals surface area contributed by atoms with Gasteiger partial charge in [0.05, 0.1) is 7.11 Å². The van der Waals surface area contributed by atoms with Crippen molar-refractivity contribution in [2.75, 3.05) is 14.2 Å². The number of sulfonamides is 1. The summed E-state index contributed by atoms with van der Waals surface area (Å²) >= 11 is 0. The van der Waals surface area contributed by atoms with Gasteiger partial charge in [-0.1, -0.05) is 6.07 Å². The van der Waals surface area contributed by atoms with Crippen molar-refractivity contribution in [3.8, 4) is 5.75 Å². The van der Waals surface area contributed by atoms with Crippen molar-refractivity contribution in [1.82, 2.24) is 4.72 Å². The van der Waals surface area contributed by atoms with Crippen LogP contribution in [0, 0.1) is 0 Å². The molecule has 0 unspecified atom stereocenters. The fourth-order valence-electron chi connectivity index (χ4n) is 1.28. The van der Waals surface area contributed by atoms with Crippen LogP contribution in [0.25, 0.3) is 6.08 Å². The summed E-state index contributed by atoms with van der Waals surface area (Å²) in [5, 5.41) is 8.51. The quantitative estimate of drug-likeness (QED) is 0.769. The summed E-state index contributed by atoms with van der Waals surface area (Å²) in [5.41, 5.74) is 0.451. The molecular weight excluding hydrogens is 258 g/mol. The van der Waals surface area contributed by atoms with E-state index in [1.54, 1.807) is 6.07 Å². The monoisotopic (exact) mass is 271 g/mol. The van der Waals surface area contributed by atoms with Gasteiger partial charge < -0.3 is 9.84 Å². The van der Waals surface area contributed by atoms with Crippen molar-refractivity contribution in [2.24, 2.45) is 0 Å². The normalized spacial score (nSPS) is 11.7. The van der Waals surface area contributed by atoms with Gasteiger partial charge in [-0.15, -0.1) is 0 Å². The molecule has 0 aliphatic heterocycles. The van der Waals surface area contributed by atoms with Gasteiger partial charge in [0.15, 0.2) is 0 Å². The maximum atomic E-state index is 11.7. The Morgan fingerprint density at radius 3 is 2.61 bits per heavy atom. The van der Waals surface area contributed by atoms with Gasteiger partial charge in [-0.25, -0.2) is 17.9 Å². The van der Waals surface area contributed by atoms with Crippen molar-refractivity contribution >= 4 is 22.1 Å². The Labute approximate surface area is 105 Å². The number of benzene rings is 1. The lowest BCUT2D eigenvalue weighted by Gasteiger charge is -2.09. The van der Waals surface area contributed by atoms with Crippen LogP contribution in [0.15, 0.2) is 29.2 Å². The third-order valence-corrected chi connectivity index (χ3v) is 3.60. The molecule has 0 aliphatic carbocycles. The van der Waals surface area contributed by atoms with E-state index in [9.17, 15) is 13.2 Å². The molecule has 18 heavy (non-hydrogen) atoms. The van der Waals surface area contributed by atoms with E-state index >= 15 is 0 Å². The minimum absolute atomic E-state index is 0.0416. The Morgan fingerprint density at radius 1 is 1.44 bits per heavy atom. The third kappa shape index (κ3) is 3.31. The zero-order valence-corrected chi connectivity index (χ0v) is 10.7. The molecule has 0 saturated heterocycles. The molecule has 0 spiro atoms. The van der Waals surface area contributed by atoms with E-state index in [-0.39, 0.29) is 10.6 Å². The highest BCUT2D eigenvalue weighted by Gasteiger charge is 2.17. The Kier molecular flexibility index (Phi) is 4.46. The van der Waals surface area contributed by atoms with Crippen LogP contribution in [-0.4, -0.2) is 33.7 Å². The Balaban J connectivity index is 3.31. The first kappa shape index (κ1) is 14.2. The smallest absolute Gasteiger partial charge is 0.328 e. The highest BCUT2D eigenvalue weighted by atomic mass is 32.2. The SMILES string of the molecule is CNS(=O)(=O)c1cc(C=CC(=O)O)ccc1OC. The predicted molar refractivity (Wildman–Crippen MR) is 65.9 cm³/mol. The average Bonchev–Trinajstić information content (AvgIpc) is 2.36. The second-order valence-corrected chi connectivity index (χ2v) is 5.14. The van der Waals surface area contributed by atoms with E-state index in [0.717, 1.165) is 6.08 Å². The van der Waals surface area contributed by atoms with Crippen LogP contribution in [-0.2, 0) is 14.8 Å². The Morgan fingerprint density at radius 2 is 2.11 bits per heavy atom. The van der Waals surface area contributed by atoms with E-state index in [4.69, 9.17) is 9.84 Å². The van der Waals surface area contributed by atoms with Crippen molar-refractivity contribution in [3.63, 3.8) is 0 Å². The number of hydrogen-bond donors (Lipinski definition) is 2. The third-order valence-electron chi connectivity index (χ3n) is 2.16. The molecule has 6 nitrogen and oxygen atoms in total. The van der Waals surface area contributed by atoms with Crippen molar-refractivity contribution < 1.29 is 23.1 Å². The molecule has 98 valence electrons. The zero-order valence-electron chi connectivity index (χ0n) is 9.88. The van der Waals surface area contributed by atoms with Crippen molar-refractivity contribution in [3.05, 3.63) is 29.8 Å². The summed E-state index contributed by atoms with van der Waals surface area (Å²) in [7, 11) is -1.01. The van der Waals surface area contributed by atoms with Crippen LogP contribution in [0.4, 0.5) is 0 Å². The lowest BCUT2D eigenvalue weighted by Crippen LogP contribution is -2.19. The first-order valence-electron chi connectivity index (χ1n) is 4.93. The number of nitrogens with one attached hydrogen (secondary N) is 1. The van der Waals surface area contributed by atoms with E-state index < -0.39 is 16.0 Å². The molecule has 1 aromatic rings. The molecule has 7 heteroatoms. The van der Waals surface area contributed by atoms with Gasteiger partial charge in [0.25, 0.3) is 0 Å². The molecule has 0 atom stereocenters. The standard InChI is InChI=1S/C11H13NO5S/c1-12-18(15,16)10-7-8(4-6-11(13)14)3-5-9(10)17-2/h3-7,12H,1-2H3,(H,13,14). The average molecular weight is 271 g/mol. The molecular formula is C11H13NO5S. The lowest BCUT2D eigenvalue weighted by molar-refractivity contribution is -0.131. The molecule has 0 bridgehead atoms. The van der Waals surface area contributed by atoms with E-state index in [0.29, 0.717) is 5.56 Å². The minimum Gasteiger partial charge on any atom is -0.495 e. The van der Waals surface area contributed by atoms with E-state index in [1.807, 2.05) is 0 Å². The molecule has 0 amide bonds. The molecule has 1 rings (SSSR count). The van der Waals surface area contributed by atoms with Crippen molar-refractivity contribution in [2.45, 2.75) is 4.90 Å². The second kappa shape index (κ2) is 5.65. The van der Waals surface area contributed by atoms with Crippen LogP contribution < -0.4 is 9.46 Å². The number of rotatable bonds is 5. The van der Waals surface area contributed by atoms with Crippen molar-refractivity contribution in [1.29, 1.82) is 0 Å². The first-order valence-corrected chi connectivity index (χ1v) is 6.41. The number of aliphatic carboxylic acids is 1. The maximum absolute atomic E-state index is 11.7. The molecule has 0 fully saturated rings. The molecule has 0 aliphatic rings. The van der Waals surface area contributed by atoms with E-state index in [2.05, 4.69) is 4.72 Å². The van der Waals surface area contributed by atoms with Gasteiger partial charge in [0.1, 0.15) is 10.6 Å². The molecule has 2 N–H and O–H groups in total. The fourth-order valence-corrected chi connectivity index (χ4v) is 2.21. The zero-order chi connectivity index (χ0) is 13.8. The molecule has 0 radical (unpaired) electrons. The summed E-state index contributed by atoms with van der Waals surface area (Å²) in [6.45, 7) is 0. The highest BCUT2D eigenvalue weighted by molar-refractivity contribution is 7.89. The second-order valence-electron chi connectivity index (χ2n) is 3.29. The topological polar surface area (TPSA) is 92.7 Å². The number of carboxylic acids is 1. The van der Waals surface area contributed by atoms with Gasteiger partial charge in [-0.3, -0.25) is 0 Å². The molecule has 0 heterocycles. The van der Waals surface area contributed by atoms with Gasteiger partial charge in [0, 0.05) is 6.08 Å². The highest BCUT2D eigenvalue weighted by Crippen LogP contribution is 2.25. The predicted octanol–water partition coefficient (Wildman–Crippen LogP) is 0.701. The van der Waals surface area contributed by atoms with Crippen LogP contribution in [0.3, 0.4) is 0 Å². The van der Waals surface area contributed by atoms with Gasteiger partial charge >= 0.3 is 5.97 Å². The summed E-state index contributed by atoms with van der Waals surface area (Å²) in [4.78, 5) is 10.4. The summed E-state index contributed by atoms with van der Waals surface area (Å²) in [6.07, 6.45) is 2.23. The number of ether oxygens (including phenoxy) is 1. The number of carboxylic acid groups (broad SMARTS) is 1. The number of hydrogen-bond acceptors (Lipinski definition) is 4. The van der Waals surface area contributed by atoms with Gasteiger partial charge in [-0.05, 0) is 30.8 Å². The summed E-state index contributed by atoms with van der Waals surface area (Å²) < 4.78 is 30.6. The fraction of sp³-hybridized carbons (Fsp3) is 0.182. The molecule has 1 aromatic carbocycles. The van der Waals surface area contributed by atoms with Crippen LogP contribution in [0.1, 0.15) is 5.56 Å². The lowest BCUT2D eigenvalue weighted by atomic mass is 10.2. The summed E-state index contributed by atoms with van der Waals surface area (Å²) in [6, 6.07) is 4.36. The number of carbonyl (C=O) groups is 1. The van der Waals surface area contributed by atoms with Crippen LogP contribution in [0.5, 0.6) is 5.75 Å². The maximum Gasteiger partial charge on any atom is 0.328 e. The molecule has 0 saturated carbocycles. The number of methoxy groups -OCH3 is 1. The Bertz CT molecular complexity index is 577. The van der Waals surface area contributed by atoms with E-state index in [1.165, 1.54) is 32.4 Å². The minimum atomic E-state index is -3.66. The molecule has 0 aromatic heterocycles. The summed E-state index contributed by atoms with van der Waals surface area (Å²) in [5.74, 6) is -0.916. The van der Waals surface area contributed by atoms with Gasteiger partial charge in [0.2, 0.25) is 10.0 Å². The largest absolute Gasteiger partial charge is 0.495 e. The first-order chi connectivity index (χ1) is 8.40. The Hall–Kier alpha value is -1.86.